The Balaban J connectivity index is 1.21. The first-order valence-electron chi connectivity index (χ1n) is 15.1. The summed E-state index contributed by atoms with van der Waals surface area (Å²) in [5.41, 5.74) is 5.91. The summed E-state index contributed by atoms with van der Waals surface area (Å²) in [7, 11) is -4.31. The molecule has 3 unspecified atom stereocenters. The summed E-state index contributed by atoms with van der Waals surface area (Å²) in [6.07, 6.45) is 5.85. The predicted octanol–water partition coefficient (Wildman–Crippen LogP) is 2.61. The largest absolute Gasteiger partial charge is 0.464 e. The highest BCUT2D eigenvalue weighted by Crippen LogP contribution is 2.49. The number of ether oxygens (including phenoxy) is 2. The third kappa shape index (κ3) is 6.35. The molecule has 0 aromatic heterocycles. The standard InChI is InChI=1S/C30H40N5O8P/c1-18-14-22-28(31)32-17-33-35(22)24(18)26-25(36)27(37)30(2,42-26)16-41-44(39,43-21-10-4-3-5-11-21)34-23(20-8-6-7-9-20)29(38)40-15-19-12-13-19/h3-5,8,10-11,14,17-19,23-27,36-37H,6-7,9,12-13,15-16H2,1-2H3,(H,34,39)(H2,31,32,33)/t18?,23-,24?,25-,26-,27-,30+,44?/m0/s1. The Morgan fingerprint density at radius 3 is 2.77 bits per heavy atom. The average molecular weight is 630 g/mol. The molecule has 2 fully saturated rings. The molecule has 5 aliphatic rings. The molecule has 14 heteroatoms. The van der Waals surface area contributed by atoms with Crippen LogP contribution < -0.4 is 15.3 Å². The maximum absolute atomic E-state index is 14.5. The Kier molecular flexibility index (Phi) is 8.71. The molecule has 0 radical (unpaired) electrons. The van der Waals surface area contributed by atoms with Gasteiger partial charge in [-0.05, 0) is 62.7 Å². The molecule has 8 atom stereocenters. The number of nitrogens with one attached hydrogen (secondary N) is 1. The van der Waals surface area contributed by atoms with Crippen molar-refractivity contribution in [3.05, 3.63) is 53.8 Å². The number of aliphatic hydroxyl groups is 2. The second-order valence-electron chi connectivity index (χ2n) is 12.3. The number of para-hydroxylation sites is 1. The van der Waals surface area contributed by atoms with Crippen molar-refractivity contribution in [3.8, 4) is 5.75 Å². The minimum Gasteiger partial charge on any atom is -0.464 e. The number of esters is 1. The highest BCUT2D eigenvalue weighted by Gasteiger charge is 2.58. The number of amidine groups is 1. The van der Waals surface area contributed by atoms with Crippen molar-refractivity contribution in [1.29, 1.82) is 0 Å². The van der Waals surface area contributed by atoms with E-state index in [1.165, 1.54) is 6.34 Å². The van der Waals surface area contributed by atoms with E-state index in [9.17, 15) is 19.6 Å². The number of aliphatic imine (C=N–C) groups is 1. The van der Waals surface area contributed by atoms with Gasteiger partial charge in [-0.25, -0.2) is 14.4 Å². The third-order valence-electron chi connectivity index (χ3n) is 8.77. The molecule has 0 spiro atoms. The molecule has 1 saturated carbocycles. The zero-order chi connectivity index (χ0) is 31.1. The van der Waals surface area contributed by atoms with Gasteiger partial charge in [-0.1, -0.05) is 37.3 Å². The summed E-state index contributed by atoms with van der Waals surface area (Å²) in [4.78, 5) is 17.3. The number of allylic oxidation sites excluding steroid dienone is 1. The van der Waals surface area contributed by atoms with Crippen molar-refractivity contribution in [2.24, 2.45) is 27.7 Å². The van der Waals surface area contributed by atoms with Gasteiger partial charge in [-0.3, -0.25) is 9.53 Å². The number of hydrazone groups is 1. The van der Waals surface area contributed by atoms with Crippen LogP contribution >= 0.6 is 7.75 Å². The minimum atomic E-state index is -4.31. The first kappa shape index (κ1) is 30.9. The van der Waals surface area contributed by atoms with Crippen LogP contribution in [0, 0.1) is 11.8 Å². The fourth-order valence-corrected chi connectivity index (χ4v) is 7.67. The van der Waals surface area contributed by atoms with E-state index in [4.69, 9.17) is 24.3 Å². The Morgan fingerprint density at radius 1 is 1.30 bits per heavy atom. The number of rotatable bonds is 12. The van der Waals surface area contributed by atoms with Gasteiger partial charge in [-0.15, -0.1) is 0 Å². The maximum atomic E-state index is 14.5. The fraction of sp³-hybridized carbons (Fsp3) is 0.567. The highest BCUT2D eigenvalue weighted by molar-refractivity contribution is 7.52. The Morgan fingerprint density at radius 2 is 2.07 bits per heavy atom. The van der Waals surface area contributed by atoms with E-state index < -0.39 is 56.3 Å². The zero-order valence-corrected chi connectivity index (χ0v) is 25.7. The lowest BCUT2D eigenvalue weighted by Crippen LogP contribution is -2.48. The topological polar surface area (TPSA) is 178 Å². The van der Waals surface area contributed by atoms with Gasteiger partial charge in [0, 0.05) is 5.92 Å². The number of hydrogen-bond acceptors (Lipinski definition) is 12. The zero-order valence-electron chi connectivity index (χ0n) is 24.8. The molecule has 3 aliphatic heterocycles. The van der Waals surface area contributed by atoms with Gasteiger partial charge in [0.1, 0.15) is 42.0 Å². The number of nitrogens with zero attached hydrogens (tertiary/aromatic N) is 3. The maximum Gasteiger partial charge on any atom is 0.459 e. The molecule has 238 valence electrons. The van der Waals surface area contributed by atoms with Crippen LogP contribution in [0.25, 0.3) is 0 Å². The average Bonchev–Trinajstić information content (AvgIpc) is 3.47. The number of carbonyl (C=O) groups excluding carboxylic acids is 1. The van der Waals surface area contributed by atoms with Crippen LogP contribution in [0.2, 0.25) is 0 Å². The van der Waals surface area contributed by atoms with Gasteiger partial charge >= 0.3 is 13.7 Å². The van der Waals surface area contributed by atoms with Gasteiger partial charge < -0.3 is 29.9 Å². The van der Waals surface area contributed by atoms with Crippen molar-refractivity contribution in [2.75, 3.05) is 13.2 Å². The summed E-state index contributed by atoms with van der Waals surface area (Å²) in [5, 5.41) is 31.2. The molecule has 13 nitrogen and oxygen atoms in total. The van der Waals surface area contributed by atoms with E-state index in [1.807, 2.05) is 19.1 Å². The van der Waals surface area contributed by atoms with E-state index in [1.54, 1.807) is 42.3 Å². The van der Waals surface area contributed by atoms with E-state index >= 15 is 0 Å². The summed E-state index contributed by atoms with van der Waals surface area (Å²) in [5.74, 6) is 0.203. The monoisotopic (exact) mass is 629 g/mol. The lowest BCUT2D eigenvalue weighted by Gasteiger charge is -2.34. The Hall–Kier alpha value is -3.06. The number of nitrogens with two attached hydrogens (primary N) is 1. The predicted molar refractivity (Wildman–Crippen MR) is 161 cm³/mol. The Labute approximate surface area is 256 Å². The number of benzene rings is 1. The lowest BCUT2D eigenvalue weighted by atomic mass is 9.92. The van der Waals surface area contributed by atoms with E-state index in [2.05, 4.69) is 15.2 Å². The molecule has 0 bridgehead atoms. The molecule has 1 saturated heterocycles. The lowest BCUT2D eigenvalue weighted by molar-refractivity contribution is -0.145. The molecule has 0 amide bonds. The van der Waals surface area contributed by atoms with Crippen LogP contribution in [0.15, 0.2) is 63.8 Å². The molecule has 44 heavy (non-hydrogen) atoms. The van der Waals surface area contributed by atoms with Crippen molar-refractivity contribution in [3.63, 3.8) is 0 Å². The number of carbonyl (C=O) groups is 1. The first-order valence-corrected chi connectivity index (χ1v) is 16.6. The minimum absolute atomic E-state index is 0.152. The normalized spacial score (nSPS) is 33.2. The summed E-state index contributed by atoms with van der Waals surface area (Å²) in [6, 6.07) is 6.93. The molecular formula is C30H40N5O8P. The van der Waals surface area contributed by atoms with Crippen molar-refractivity contribution in [2.45, 2.75) is 81.9 Å². The van der Waals surface area contributed by atoms with Crippen LogP contribution in [-0.2, 0) is 23.4 Å². The van der Waals surface area contributed by atoms with Crippen LogP contribution in [0.4, 0.5) is 0 Å². The van der Waals surface area contributed by atoms with E-state index in [0.717, 1.165) is 31.3 Å². The van der Waals surface area contributed by atoms with Gasteiger partial charge in [-0.2, -0.15) is 10.2 Å². The van der Waals surface area contributed by atoms with Crippen LogP contribution in [0.3, 0.4) is 0 Å². The molecular weight excluding hydrogens is 589 g/mol. The van der Waals surface area contributed by atoms with Gasteiger partial charge in [0.25, 0.3) is 0 Å². The summed E-state index contributed by atoms with van der Waals surface area (Å²) >= 11 is 0. The highest BCUT2D eigenvalue weighted by atomic mass is 31.2. The second kappa shape index (κ2) is 12.4. The number of hydrogen-bond donors (Lipinski definition) is 4. The second-order valence-corrected chi connectivity index (χ2v) is 14.0. The van der Waals surface area contributed by atoms with Crippen molar-refractivity contribution < 1.29 is 38.1 Å². The van der Waals surface area contributed by atoms with Gasteiger partial charge in [0.05, 0.1) is 25.0 Å². The smallest absolute Gasteiger partial charge is 0.459 e. The summed E-state index contributed by atoms with van der Waals surface area (Å²) < 4.78 is 38.2. The SMILES string of the molecule is CC1C=C2C(N)=NC=NN2C1[C@@H]1O[C@](C)(COP(=O)(N[C@H](C(=O)OCC2CC2)C2=CCCC2)Oc2ccccc2)[C@@H](O)[C@H]1O. The Bertz CT molecular complexity index is 1420. The van der Waals surface area contributed by atoms with Crippen LogP contribution in [0.5, 0.6) is 5.75 Å². The first-order chi connectivity index (χ1) is 21.1. The molecule has 3 heterocycles. The molecule has 2 aliphatic carbocycles. The third-order valence-corrected chi connectivity index (χ3v) is 10.3. The van der Waals surface area contributed by atoms with Gasteiger partial charge in [0.2, 0.25) is 0 Å². The molecule has 6 rings (SSSR count). The number of aliphatic hydroxyl groups excluding tert-OH is 2. The molecule has 1 aromatic rings. The van der Waals surface area contributed by atoms with E-state index in [-0.39, 0.29) is 11.7 Å². The molecule has 1 aromatic carbocycles. The van der Waals surface area contributed by atoms with Gasteiger partial charge in [0.15, 0.2) is 5.84 Å². The van der Waals surface area contributed by atoms with Crippen molar-refractivity contribution in [1.82, 2.24) is 10.1 Å². The fourth-order valence-electron chi connectivity index (χ4n) is 6.07. The van der Waals surface area contributed by atoms with Crippen LogP contribution in [0.1, 0.15) is 46.0 Å². The summed E-state index contributed by atoms with van der Waals surface area (Å²) in [6.45, 7) is 3.37. The van der Waals surface area contributed by atoms with E-state index in [0.29, 0.717) is 30.5 Å². The molecule has 5 N–H and O–H groups in total. The number of fused-ring (bicyclic) bond motifs is 1. The quantitative estimate of drug-likeness (QED) is 0.152. The van der Waals surface area contributed by atoms with Crippen molar-refractivity contribution >= 4 is 25.9 Å². The van der Waals surface area contributed by atoms with Crippen LogP contribution in [-0.4, -0.2) is 82.6 Å².